The molecular weight excluding hydrogens is 613 g/mol. The van der Waals surface area contributed by atoms with Crippen LogP contribution in [-0.2, 0) is 5.54 Å². The average Bonchev–Trinajstić information content (AvgIpc) is 3.70. The van der Waals surface area contributed by atoms with Gasteiger partial charge in [0, 0.05) is 36.2 Å². The predicted octanol–water partition coefficient (Wildman–Crippen LogP) is 8.43. The molecule has 0 spiro atoms. The molecule has 46 heavy (non-hydrogen) atoms. The number of anilines is 2. The summed E-state index contributed by atoms with van der Waals surface area (Å²) in [5.74, 6) is 0. The maximum Gasteiger partial charge on any atom is 0.413 e. The molecule has 1 aliphatic rings. The zero-order chi connectivity index (χ0) is 32.9. The van der Waals surface area contributed by atoms with E-state index in [4.69, 9.17) is 11.6 Å². The van der Waals surface area contributed by atoms with Crippen molar-refractivity contribution in [1.82, 2.24) is 25.0 Å². The van der Waals surface area contributed by atoms with Crippen LogP contribution in [0, 0.1) is 23.7 Å². The van der Waals surface area contributed by atoms with Crippen LogP contribution >= 0.6 is 11.6 Å². The summed E-state index contributed by atoms with van der Waals surface area (Å²) in [6.07, 6.45) is 1.74. The van der Waals surface area contributed by atoms with Crippen LogP contribution in [0.5, 0.6) is 0 Å². The molecule has 5 aromatic rings. The van der Waals surface area contributed by atoms with Gasteiger partial charge in [-0.25, -0.2) is 4.68 Å². The first-order valence-corrected chi connectivity index (χ1v) is 15.2. The van der Waals surface area contributed by atoms with Gasteiger partial charge in [-0.2, -0.15) is 18.4 Å². The Balaban J connectivity index is 1.49. The number of nitriles is 1. The highest BCUT2D eigenvalue weighted by Crippen LogP contribution is 2.55. The third-order valence-corrected chi connectivity index (χ3v) is 8.61. The van der Waals surface area contributed by atoms with Gasteiger partial charge in [0.15, 0.2) is 5.54 Å². The molecule has 236 valence electrons. The summed E-state index contributed by atoms with van der Waals surface area (Å²) < 4.78 is 43.1. The molecule has 1 fully saturated rings. The van der Waals surface area contributed by atoms with Crippen molar-refractivity contribution in [2.45, 2.75) is 58.3 Å². The summed E-state index contributed by atoms with van der Waals surface area (Å²) in [5, 5.41) is 26.0. The number of nitrogens with one attached hydrogen (secondary N) is 2. The fourth-order valence-corrected chi connectivity index (χ4v) is 5.91. The average molecular weight is 645 g/mol. The number of fused-ring (bicyclic) bond motifs is 1. The van der Waals surface area contributed by atoms with E-state index in [0.717, 1.165) is 26.9 Å². The Labute approximate surface area is 269 Å². The molecule has 1 aliphatic carbocycles. The number of benzene rings is 2. The molecule has 3 aromatic heterocycles. The van der Waals surface area contributed by atoms with Crippen molar-refractivity contribution in [3.63, 3.8) is 0 Å². The highest BCUT2D eigenvalue weighted by Gasteiger charge is 2.66. The number of rotatable bonds is 8. The molecule has 6 rings (SSSR count). The van der Waals surface area contributed by atoms with Gasteiger partial charge in [-0.05, 0) is 71.7 Å². The lowest BCUT2D eigenvalue weighted by Crippen LogP contribution is -2.35. The summed E-state index contributed by atoms with van der Waals surface area (Å²) in [4.78, 5) is 8.58. The van der Waals surface area contributed by atoms with Gasteiger partial charge in [-0.1, -0.05) is 55.8 Å². The van der Waals surface area contributed by atoms with Gasteiger partial charge in [0.1, 0.15) is 11.8 Å². The number of halogens is 4. The summed E-state index contributed by atoms with van der Waals surface area (Å²) in [6, 6.07) is 14.7. The Kier molecular flexibility index (Phi) is 7.89. The van der Waals surface area contributed by atoms with Crippen molar-refractivity contribution in [3.8, 4) is 17.2 Å². The van der Waals surface area contributed by atoms with Gasteiger partial charge in [-0.3, -0.25) is 9.97 Å². The molecule has 0 radical (unpaired) electrons. The zero-order valence-electron chi connectivity index (χ0n) is 25.7. The monoisotopic (exact) mass is 644 g/mol. The molecule has 2 aromatic carbocycles. The Morgan fingerprint density at radius 1 is 1.11 bits per heavy atom. The van der Waals surface area contributed by atoms with Crippen LogP contribution in [0.25, 0.3) is 22.0 Å². The Morgan fingerprint density at radius 2 is 1.85 bits per heavy atom. The maximum atomic E-state index is 14.0. The number of nitrogens with zero attached hydrogens (tertiary/aromatic N) is 6. The van der Waals surface area contributed by atoms with Crippen LogP contribution in [-0.4, -0.2) is 37.7 Å². The Hall–Kier alpha value is -4.69. The van der Waals surface area contributed by atoms with Crippen LogP contribution < -0.4 is 10.6 Å². The van der Waals surface area contributed by atoms with E-state index in [9.17, 15) is 18.4 Å². The molecule has 0 amide bonds. The number of hydrogen-bond acceptors (Lipinski definition) is 7. The van der Waals surface area contributed by atoms with Crippen molar-refractivity contribution in [2.75, 3.05) is 17.2 Å². The molecule has 0 bridgehead atoms. The first kappa shape index (κ1) is 31.3. The van der Waals surface area contributed by atoms with E-state index in [2.05, 4.69) is 57.8 Å². The topological polar surface area (TPSA) is 104 Å². The van der Waals surface area contributed by atoms with Crippen LogP contribution in [0.4, 0.5) is 24.5 Å². The normalized spacial score (nSPS) is 14.9. The second kappa shape index (κ2) is 11.6. The second-order valence-electron chi connectivity index (χ2n) is 12.9. The molecule has 2 N–H and O–H groups in total. The number of hydrogen-bond donors (Lipinski definition) is 2. The van der Waals surface area contributed by atoms with Crippen molar-refractivity contribution >= 4 is 33.9 Å². The third kappa shape index (κ3) is 5.85. The number of pyridine rings is 2. The molecule has 0 unspecified atom stereocenters. The minimum absolute atomic E-state index is 0.0488. The summed E-state index contributed by atoms with van der Waals surface area (Å²) in [5.41, 5.74) is 3.85. The van der Waals surface area contributed by atoms with Crippen LogP contribution in [0.3, 0.4) is 0 Å². The van der Waals surface area contributed by atoms with E-state index in [0.29, 0.717) is 45.1 Å². The smallest absolute Gasteiger partial charge is 0.383 e. The molecule has 0 aliphatic heterocycles. The van der Waals surface area contributed by atoms with Gasteiger partial charge < -0.3 is 10.6 Å². The minimum Gasteiger partial charge on any atom is -0.383 e. The van der Waals surface area contributed by atoms with Crippen LogP contribution in [0.2, 0.25) is 5.02 Å². The highest BCUT2D eigenvalue weighted by molar-refractivity contribution is 6.35. The first-order chi connectivity index (χ1) is 21.8. The van der Waals surface area contributed by atoms with Crippen LogP contribution in [0.15, 0.2) is 67.3 Å². The maximum absolute atomic E-state index is 14.0. The van der Waals surface area contributed by atoms with Gasteiger partial charge in [0.05, 0.1) is 34.0 Å². The molecule has 12 heteroatoms. The van der Waals surface area contributed by atoms with Gasteiger partial charge in [0.2, 0.25) is 0 Å². The quantitative estimate of drug-likeness (QED) is 0.175. The van der Waals surface area contributed by atoms with E-state index in [1.807, 2.05) is 43.3 Å². The van der Waals surface area contributed by atoms with Gasteiger partial charge in [0.25, 0.3) is 0 Å². The highest BCUT2D eigenvalue weighted by atomic mass is 35.5. The standard InChI is InChI=1S/C34H32ClF3N8/c1-20-24(21-8-12-40-13-9-21)6-5-7-25(20)31(28-18-46(45-44-28)33(10-11-33)34(36,37)38)43-23-14-26-29(42-19-32(2,3)4)22(16-39)17-41-30(26)27(35)15-23/h5-9,12-15,17-18,31,43H,10-11,19H2,1-4H3,(H,41,42)/t31-/m0/s1. The van der Waals surface area contributed by atoms with E-state index in [1.165, 1.54) is 12.4 Å². The summed E-state index contributed by atoms with van der Waals surface area (Å²) in [7, 11) is 0. The fraction of sp³-hybridized carbons (Fsp3) is 0.324. The lowest BCUT2D eigenvalue weighted by atomic mass is 9.92. The van der Waals surface area contributed by atoms with E-state index in [-0.39, 0.29) is 18.3 Å². The van der Waals surface area contributed by atoms with Crippen molar-refractivity contribution in [1.29, 1.82) is 5.26 Å². The largest absolute Gasteiger partial charge is 0.413 e. The summed E-state index contributed by atoms with van der Waals surface area (Å²) in [6.45, 7) is 8.80. The van der Waals surface area contributed by atoms with Crippen molar-refractivity contribution in [2.24, 2.45) is 5.41 Å². The Morgan fingerprint density at radius 3 is 2.50 bits per heavy atom. The molecule has 3 heterocycles. The molecule has 0 saturated heterocycles. The fourth-order valence-electron chi connectivity index (χ4n) is 5.64. The first-order valence-electron chi connectivity index (χ1n) is 14.8. The lowest BCUT2D eigenvalue weighted by molar-refractivity contribution is -0.182. The van der Waals surface area contributed by atoms with E-state index < -0.39 is 17.8 Å². The SMILES string of the molecule is Cc1c(-c2ccncc2)cccc1[C@H](Nc1cc(Cl)c2ncc(C#N)c(NCC(C)(C)C)c2c1)c1cn(C2(C(F)(F)F)CC2)nn1. The van der Waals surface area contributed by atoms with Crippen molar-refractivity contribution in [3.05, 3.63) is 94.7 Å². The molecular formula is C34H32ClF3N8. The third-order valence-electron chi connectivity index (χ3n) is 8.33. The molecule has 1 saturated carbocycles. The second-order valence-corrected chi connectivity index (χ2v) is 13.3. The van der Waals surface area contributed by atoms with Crippen molar-refractivity contribution < 1.29 is 13.2 Å². The predicted molar refractivity (Wildman–Crippen MR) is 173 cm³/mol. The van der Waals surface area contributed by atoms with Gasteiger partial charge in [-0.15, -0.1) is 5.10 Å². The number of aromatic nitrogens is 5. The Bertz CT molecular complexity index is 1950. The molecule has 1 atom stereocenters. The van der Waals surface area contributed by atoms with Gasteiger partial charge >= 0.3 is 6.18 Å². The number of alkyl halides is 3. The lowest BCUT2D eigenvalue weighted by Gasteiger charge is -2.24. The van der Waals surface area contributed by atoms with E-state index >= 15 is 0 Å². The molecule has 8 nitrogen and oxygen atoms in total. The van der Waals surface area contributed by atoms with E-state index in [1.54, 1.807) is 18.5 Å². The minimum atomic E-state index is -4.45. The van der Waals surface area contributed by atoms with Crippen LogP contribution in [0.1, 0.15) is 62.0 Å². The zero-order valence-corrected chi connectivity index (χ0v) is 26.5. The summed E-state index contributed by atoms with van der Waals surface area (Å²) >= 11 is 6.78.